The second-order valence-electron chi connectivity index (χ2n) is 7.54. The van der Waals surface area contributed by atoms with E-state index < -0.39 is 39.1 Å². The van der Waals surface area contributed by atoms with E-state index in [0.717, 1.165) is 17.7 Å². The van der Waals surface area contributed by atoms with Gasteiger partial charge < -0.3 is 10.6 Å². The van der Waals surface area contributed by atoms with E-state index in [-0.39, 0.29) is 28.3 Å². The number of nitrogens with one attached hydrogen (secondary N) is 2. The van der Waals surface area contributed by atoms with Crippen molar-refractivity contribution >= 4 is 33.0 Å². The number of aryl methyl sites for hydroxylation is 1. The maximum Gasteiger partial charge on any atom is 0.416 e. The minimum Gasteiger partial charge on any atom is -0.326 e. The maximum atomic E-state index is 12.9. The summed E-state index contributed by atoms with van der Waals surface area (Å²) < 4.78 is 63.4. The zero-order valence-electron chi connectivity index (χ0n) is 18.0. The van der Waals surface area contributed by atoms with Gasteiger partial charge in [-0.2, -0.15) is 13.2 Å². The van der Waals surface area contributed by atoms with Crippen LogP contribution in [0.15, 0.2) is 77.7 Å². The van der Waals surface area contributed by atoms with Crippen LogP contribution in [-0.4, -0.2) is 26.0 Å². The zero-order valence-corrected chi connectivity index (χ0v) is 18.8. The Kier molecular flexibility index (Phi) is 7.41. The monoisotopic (exact) mass is 490 g/mol. The Morgan fingerprint density at radius 1 is 0.853 bits per heavy atom. The van der Waals surface area contributed by atoms with Crippen LogP contribution < -0.4 is 10.6 Å². The van der Waals surface area contributed by atoms with Crippen LogP contribution in [0, 0.1) is 6.92 Å². The zero-order chi connectivity index (χ0) is 24.9. The lowest BCUT2D eigenvalue weighted by atomic mass is 10.1. The molecule has 3 rings (SSSR count). The van der Waals surface area contributed by atoms with Crippen molar-refractivity contribution in [1.29, 1.82) is 0 Å². The molecule has 0 saturated heterocycles. The highest BCUT2D eigenvalue weighted by Crippen LogP contribution is 2.30. The molecule has 0 saturated carbocycles. The molecule has 0 radical (unpaired) electrons. The largest absolute Gasteiger partial charge is 0.416 e. The standard InChI is InChI=1S/C24H21F3N2O4S/c1-16-8-10-21(11-9-16)34(32,33)13-12-22(30)28-19-6-2-4-17(14-19)23(31)29-20-7-3-5-18(15-20)24(25,26)27/h2-11,14-15H,12-13H2,1H3,(H,28,30)(H,29,31). The number of anilines is 2. The molecule has 0 heterocycles. The van der Waals surface area contributed by atoms with Crippen LogP contribution in [-0.2, 0) is 20.8 Å². The molecule has 0 bridgehead atoms. The number of sulfone groups is 1. The molecular weight excluding hydrogens is 469 g/mol. The lowest BCUT2D eigenvalue weighted by Gasteiger charge is -2.11. The summed E-state index contributed by atoms with van der Waals surface area (Å²) in [6.07, 6.45) is -4.84. The average Bonchev–Trinajstić information content (AvgIpc) is 2.78. The average molecular weight is 491 g/mol. The third kappa shape index (κ3) is 6.67. The summed E-state index contributed by atoms with van der Waals surface area (Å²) in [4.78, 5) is 24.9. The number of halogens is 3. The van der Waals surface area contributed by atoms with E-state index >= 15 is 0 Å². The first kappa shape index (κ1) is 25.0. The van der Waals surface area contributed by atoms with Crippen molar-refractivity contribution in [3.8, 4) is 0 Å². The molecule has 0 aliphatic heterocycles. The summed E-state index contributed by atoms with van der Waals surface area (Å²) in [5, 5.41) is 4.92. The summed E-state index contributed by atoms with van der Waals surface area (Å²) in [5.74, 6) is -1.62. The Hall–Kier alpha value is -3.66. The Balaban J connectivity index is 1.62. The van der Waals surface area contributed by atoms with Gasteiger partial charge in [-0.05, 0) is 55.5 Å². The second-order valence-corrected chi connectivity index (χ2v) is 9.65. The minimum absolute atomic E-state index is 0.0319. The molecule has 3 aromatic carbocycles. The number of amides is 2. The first-order chi connectivity index (χ1) is 15.9. The molecule has 0 atom stereocenters. The smallest absolute Gasteiger partial charge is 0.326 e. The number of rotatable bonds is 7. The number of hydrogen-bond donors (Lipinski definition) is 2. The van der Waals surface area contributed by atoms with E-state index in [1.807, 2.05) is 6.92 Å². The van der Waals surface area contributed by atoms with Crippen LogP contribution in [0.25, 0.3) is 0 Å². The van der Waals surface area contributed by atoms with Gasteiger partial charge in [-0.15, -0.1) is 0 Å². The summed E-state index contributed by atoms with van der Waals surface area (Å²) in [5.41, 5.74) is 0.327. The van der Waals surface area contributed by atoms with Gasteiger partial charge in [-0.1, -0.05) is 29.8 Å². The first-order valence-corrected chi connectivity index (χ1v) is 11.8. The molecule has 0 aromatic heterocycles. The van der Waals surface area contributed by atoms with E-state index in [4.69, 9.17) is 0 Å². The molecule has 0 fully saturated rings. The molecule has 2 amide bonds. The van der Waals surface area contributed by atoms with Crippen molar-refractivity contribution in [2.24, 2.45) is 0 Å². The molecule has 178 valence electrons. The molecule has 0 aliphatic rings. The lowest BCUT2D eigenvalue weighted by Crippen LogP contribution is -2.18. The quantitative estimate of drug-likeness (QED) is 0.484. The molecular formula is C24H21F3N2O4S. The summed E-state index contributed by atoms with van der Waals surface area (Å²) in [6.45, 7) is 1.83. The van der Waals surface area contributed by atoms with Crippen LogP contribution in [0.2, 0.25) is 0 Å². The third-order valence-corrected chi connectivity index (χ3v) is 6.57. The third-order valence-electron chi connectivity index (χ3n) is 4.83. The van der Waals surface area contributed by atoms with Crippen LogP contribution in [0.3, 0.4) is 0 Å². The van der Waals surface area contributed by atoms with E-state index in [2.05, 4.69) is 10.6 Å². The fraction of sp³-hybridized carbons (Fsp3) is 0.167. The Morgan fingerprint density at radius 3 is 2.12 bits per heavy atom. The first-order valence-electron chi connectivity index (χ1n) is 10.1. The van der Waals surface area contributed by atoms with Crippen molar-refractivity contribution < 1.29 is 31.2 Å². The molecule has 0 aliphatic carbocycles. The molecule has 10 heteroatoms. The van der Waals surface area contributed by atoms with E-state index in [1.165, 1.54) is 48.5 Å². The van der Waals surface area contributed by atoms with Crippen molar-refractivity contribution in [2.45, 2.75) is 24.4 Å². The van der Waals surface area contributed by atoms with Gasteiger partial charge in [0.25, 0.3) is 5.91 Å². The Labute approximate surface area is 194 Å². The number of hydrogen-bond acceptors (Lipinski definition) is 4. The van der Waals surface area contributed by atoms with Crippen molar-refractivity contribution in [2.75, 3.05) is 16.4 Å². The SMILES string of the molecule is Cc1ccc(S(=O)(=O)CCC(=O)Nc2cccc(C(=O)Nc3cccc(C(F)(F)F)c3)c2)cc1. The summed E-state index contributed by atoms with van der Waals surface area (Å²) >= 11 is 0. The van der Waals surface area contributed by atoms with Crippen molar-refractivity contribution in [1.82, 2.24) is 0 Å². The number of benzene rings is 3. The summed E-state index contributed by atoms with van der Waals surface area (Å²) in [7, 11) is -3.64. The van der Waals surface area contributed by atoms with Gasteiger partial charge in [0.15, 0.2) is 9.84 Å². The van der Waals surface area contributed by atoms with Gasteiger partial charge in [-0.3, -0.25) is 9.59 Å². The van der Waals surface area contributed by atoms with Gasteiger partial charge in [0.1, 0.15) is 0 Å². The lowest BCUT2D eigenvalue weighted by molar-refractivity contribution is -0.137. The summed E-state index contributed by atoms with van der Waals surface area (Å²) in [6, 6.07) is 16.3. The van der Waals surface area contributed by atoms with Crippen molar-refractivity contribution in [3.05, 3.63) is 89.5 Å². The minimum atomic E-state index is -4.54. The number of alkyl halides is 3. The highest BCUT2D eigenvalue weighted by Gasteiger charge is 2.30. The van der Waals surface area contributed by atoms with Crippen LogP contribution in [0.4, 0.5) is 24.5 Å². The number of carbonyl (C=O) groups excluding carboxylic acids is 2. The predicted octanol–water partition coefficient (Wildman–Crippen LogP) is 5.07. The van der Waals surface area contributed by atoms with Crippen LogP contribution in [0.5, 0.6) is 0 Å². The van der Waals surface area contributed by atoms with Gasteiger partial charge in [0.2, 0.25) is 5.91 Å². The Morgan fingerprint density at radius 2 is 1.47 bits per heavy atom. The van der Waals surface area contributed by atoms with Gasteiger partial charge in [0.05, 0.1) is 16.2 Å². The van der Waals surface area contributed by atoms with Crippen LogP contribution in [0.1, 0.15) is 27.9 Å². The van der Waals surface area contributed by atoms with Crippen LogP contribution >= 0.6 is 0 Å². The van der Waals surface area contributed by atoms with Gasteiger partial charge >= 0.3 is 6.18 Å². The topological polar surface area (TPSA) is 92.3 Å². The molecule has 0 spiro atoms. The molecule has 34 heavy (non-hydrogen) atoms. The van der Waals surface area contributed by atoms with Gasteiger partial charge in [-0.25, -0.2) is 8.42 Å². The van der Waals surface area contributed by atoms with Crippen molar-refractivity contribution in [3.63, 3.8) is 0 Å². The highest BCUT2D eigenvalue weighted by atomic mass is 32.2. The van der Waals surface area contributed by atoms with E-state index in [0.29, 0.717) is 0 Å². The van der Waals surface area contributed by atoms with E-state index in [1.54, 1.807) is 12.1 Å². The fourth-order valence-electron chi connectivity index (χ4n) is 3.03. The molecule has 3 aromatic rings. The predicted molar refractivity (Wildman–Crippen MR) is 122 cm³/mol. The molecule has 2 N–H and O–H groups in total. The van der Waals surface area contributed by atoms with E-state index in [9.17, 15) is 31.2 Å². The maximum absolute atomic E-state index is 12.9. The highest BCUT2D eigenvalue weighted by molar-refractivity contribution is 7.91. The van der Waals surface area contributed by atoms with Gasteiger partial charge in [0, 0.05) is 23.4 Å². The second kappa shape index (κ2) is 10.1. The Bertz CT molecular complexity index is 1300. The molecule has 6 nitrogen and oxygen atoms in total. The fourth-order valence-corrected chi connectivity index (χ4v) is 4.27. The number of carbonyl (C=O) groups is 2. The molecule has 0 unspecified atom stereocenters. The normalized spacial score (nSPS) is 11.6.